The molecule has 0 atom stereocenters. The molecule has 1 rings (SSSR count). The Balaban J connectivity index is 2.20. The van der Waals surface area contributed by atoms with E-state index in [1.165, 1.54) is 0 Å². The quantitative estimate of drug-likeness (QED) is 0.568. The van der Waals surface area contributed by atoms with Crippen molar-refractivity contribution in [2.75, 3.05) is 24.3 Å². The van der Waals surface area contributed by atoms with Gasteiger partial charge >= 0.3 is 0 Å². The van der Waals surface area contributed by atoms with Crippen molar-refractivity contribution < 1.29 is 9.53 Å². The van der Waals surface area contributed by atoms with Crippen molar-refractivity contribution in [2.24, 2.45) is 5.92 Å². The van der Waals surface area contributed by atoms with Gasteiger partial charge in [0.1, 0.15) is 0 Å². The zero-order valence-electron chi connectivity index (χ0n) is 12.1. The minimum atomic E-state index is -0.108. The van der Waals surface area contributed by atoms with Gasteiger partial charge in [-0.1, -0.05) is 25.4 Å². The van der Waals surface area contributed by atoms with Crippen LogP contribution >= 0.6 is 11.6 Å². The summed E-state index contributed by atoms with van der Waals surface area (Å²) in [5, 5.41) is 3.29. The lowest BCUT2D eigenvalue weighted by atomic mass is 10.1. The fourth-order valence-electron chi connectivity index (χ4n) is 1.72. The second-order valence-electron chi connectivity index (χ2n) is 5.18. The van der Waals surface area contributed by atoms with Crippen LogP contribution in [-0.2, 0) is 9.53 Å². The van der Waals surface area contributed by atoms with Crippen LogP contribution in [-0.4, -0.2) is 19.1 Å². The zero-order chi connectivity index (χ0) is 15.0. The number of nitrogens with two attached hydrogens (primary N) is 1. The third kappa shape index (κ3) is 6.78. The van der Waals surface area contributed by atoms with Gasteiger partial charge in [-0.2, -0.15) is 0 Å². The number of nitrogens with one attached hydrogen (secondary N) is 1. The second kappa shape index (κ2) is 8.82. The molecule has 4 nitrogen and oxygen atoms in total. The predicted molar refractivity (Wildman–Crippen MR) is 84.0 cm³/mol. The third-order valence-corrected chi connectivity index (χ3v) is 3.07. The number of carbonyl (C=O) groups is 1. The SMILES string of the molecule is CC(C)CCCOCCC(=O)Nc1ccc(Cl)cc1N. The predicted octanol–water partition coefficient (Wildman–Crippen LogP) is 3.70. The summed E-state index contributed by atoms with van der Waals surface area (Å²) < 4.78 is 5.43. The standard InChI is InChI=1S/C15H23ClN2O2/c1-11(2)4-3-8-20-9-7-15(19)18-14-6-5-12(16)10-13(14)17/h5-6,10-11H,3-4,7-9,17H2,1-2H3,(H,18,19). The fraction of sp³-hybridized carbons (Fsp3) is 0.533. The van der Waals surface area contributed by atoms with Gasteiger partial charge in [0, 0.05) is 11.6 Å². The summed E-state index contributed by atoms with van der Waals surface area (Å²) in [6.07, 6.45) is 2.50. The van der Waals surface area contributed by atoms with Crippen LogP contribution in [0.1, 0.15) is 33.1 Å². The summed E-state index contributed by atoms with van der Waals surface area (Å²) in [4.78, 5) is 11.7. The number of hydrogen-bond acceptors (Lipinski definition) is 3. The number of carbonyl (C=O) groups excluding carboxylic acids is 1. The fourth-order valence-corrected chi connectivity index (χ4v) is 1.90. The molecule has 0 aromatic heterocycles. The average Bonchev–Trinajstić information content (AvgIpc) is 2.36. The summed E-state index contributed by atoms with van der Waals surface area (Å²) in [5.74, 6) is 0.581. The highest BCUT2D eigenvalue weighted by Crippen LogP contribution is 2.22. The Labute approximate surface area is 125 Å². The summed E-state index contributed by atoms with van der Waals surface area (Å²) in [5.41, 5.74) is 6.81. The first-order valence-electron chi connectivity index (χ1n) is 6.91. The van der Waals surface area contributed by atoms with Gasteiger partial charge in [-0.15, -0.1) is 0 Å². The highest BCUT2D eigenvalue weighted by atomic mass is 35.5. The van der Waals surface area contributed by atoms with E-state index in [0.29, 0.717) is 41.9 Å². The van der Waals surface area contributed by atoms with Crippen molar-refractivity contribution in [1.29, 1.82) is 0 Å². The molecule has 1 amide bonds. The molecule has 0 fully saturated rings. The molecule has 0 bridgehead atoms. The Morgan fingerprint density at radius 3 is 2.80 bits per heavy atom. The van der Waals surface area contributed by atoms with Crippen molar-refractivity contribution in [3.05, 3.63) is 23.2 Å². The smallest absolute Gasteiger partial charge is 0.226 e. The first kappa shape index (κ1) is 16.8. The molecule has 0 saturated carbocycles. The highest BCUT2D eigenvalue weighted by Gasteiger charge is 2.05. The molecule has 0 aliphatic heterocycles. The van der Waals surface area contributed by atoms with E-state index in [2.05, 4.69) is 19.2 Å². The molecule has 0 heterocycles. The van der Waals surface area contributed by atoms with Crippen LogP contribution in [0.4, 0.5) is 11.4 Å². The Morgan fingerprint density at radius 1 is 1.40 bits per heavy atom. The number of halogens is 1. The molecule has 20 heavy (non-hydrogen) atoms. The molecule has 0 unspecified atom stereocenters. The van der Waals surface area contributed by atoms with Gasteiger partial charge < -0.3 is 15.8 Å². The first-order chi connectivity index (χ1) is 9.49. The van der Waals surface area contributed by atoms with Crippen molar-refractivity contribution in [1.82, 2.24) is 0 Å². The maximum atomic E-state index is 11.7. The molecule has 0 aliphatic carbocycles. The maximum absolute atomic E-state index is 11.7. The molecule has 0 saturated heterocycles. The van der Waals surface area contributed by atoms with Crippen LogP contribution in [0.3, 0.4) is 0 Å². The lowest BCUT2D eigenvalue weighted by Gasteiger charge is -2.09. The van der Waals surface area contributed by atoms with Crippen LogP contribution < -0.4 is 11.1 Å². The molecule has 1 aromatic rings. The third-order valence-electron chi connectivity index (χ3n) is 2.83. The maximum Gasteiger partial charge on any atom is 0.226 e. The summed E-state index contributed by atoms with van der Waals surface area (Å²) in [7, 11) is 0. The number of benzene rings is 1. The van der Waals surface area contributed by atoms with Gasteiger partial charge in [-0.25, -0.2) is 0 Å². The van der Waals surface area contributed by atoms with Gasteiger partial charge in [0.15, 0.2) is 0 Å². The highest BCUT2D eigenvalue weighted by molar-refractivity contribution is 6.31. The van der Waals surface area contributed by atoms with E-state index in [4.69, 9.17) is 22.1 Å². The Morgan fingerprint density at radius 2 is 2.15 bits per heavy atom. The Kier molecular flexibility index (Phi) is 7.41. The number of rotatable bonds is 8. The van der Waals surface area contributed by atoms with E-state index in [9.17, 15) is 4.79 Å². The number of nitrogen functional groups attached to an aromatic ring is 1. The van der Waals surface area contributed by atoms with Crippen molar-refractivity contribution in [3.63, 3.8) is 0 Å². The molecule has 1 aromatic carbocycles. The van der Waals surface area contributed by atoms with E-state index in [1.54, 1.807) is 18.2 Å². The van der Waals surface area contributed by atoms with Crippen molar-refractivity contribution in [3.8, 4) is 0 Å². The minimum absolute atomic E-state index is 0.108. The molecular weight excluding hydrogens is 276 g/mol. The number of anilines is 2. The molecule has 3 N–H and O–H groups in total. The molecule has 112 valence electrons. The second-order valence-corrected chi connectivity index (χ2v) is 5.61. The molecular formula is C15H23ClN2O2. The monoisotopic (exact) mass is 298 g/mol. The van der Waals surface area contributed by atoms with Gasteiger partial charge in [-0.05, 0) is 37.0 Å². The first-order valence-corrected chi connectivity index (χ1v) is 7.29. The van der Waals surface area contributed by atoms with Crippen LogP contribution in [0.2, 0.25) is 5.02 Å². The van der Waals surface area contributed by atoms with Gasteiger partial charge in [0.2, 0.25) is 5.91 Å². The summed E-state index contributed by atoms with van der Waals surface area (Å²) in [6, 6.07) is 4.99. The van der Waals surface area contributed by atoms with Crippen LogP contribution in [0.5, 0.6) is 0 Å². The van der Waals surface area contributed by atoms with E-state index < -0.39 is 0 Å². The van der Waals surface area contributed by atoms with Gasteiger partial charge in [0.25, 0.3) is 0 Å². The largest absolute Gasteiger partial charge is 0.397 e. The average molecular weight is 299 g/mol. The van der Waals surface area contributed by atoms with Gasteiger partial charge in [-0.3, -0.25) is 4.79 Å². The number of ether oxygens (including phenoxy) is 1. The Bertz CT molecular complexity index is 436. The molecule has 0 radical (unpaired) electrons. The topological polar surface area (TPSA) is 64.3 Å². The number of hydrogen-bond donors (Lipinski definition) is 2. The van der Waals surface area contributed by atoms with E-state index in [-0.39, 0.29) is 5.91 Å². The van der Waals surface area contributed by atoms with Crippen molar-refractivity contribution in [2.45, 2.75) is 33.1 Å². The van der Waals surface area contributed by atoms with Crippen LogP contribution in [0.25, 0.3) is 0 Å². The van der Waals surface area contributed by atoms with Crippen LogP contribution in [0, 0.1) is 5.92 Å². The lowest BCUT2D eigenvalue weighted by Crippen LogP contribution is -2.15. The molecule has 0 spiro atoms. The van der Waals surface area contributed by atoms with E-state index >= 15 is 0 Å². The summed E-state index contributed by atoms with van der Waals surface area (Å²) in [6.45, 7) is 5.50. The normalized spacial score (nSPS) is 10.8. The van der Waals surface area contributed by atoms with Gasteiger partial charge in [0.05, 0.1) is 24.4 Å². The number of amides is 1. The zero-order valence-corrected chi connectivity index (χ0v) is 12.9. The Hall–Kier alpha value is -1.26. The molecule has 0 aliphatic rings. The minimum Gasteiger partial charge on any atom is -0.397 e. The van der Waals surface area contributed by atoms with Crippen LogP contribution in [0.15, 0.2) is 18.2 Å². The van der Waals surface area contributed by atoms with Crippen molar-refractivity contribution >= 4 is 28.9 Å². The van der Waals surface area contributed by atoms with E-state index in [0.717, 1.165) is 12.8 Å². The summed E-state index contributed by atoms with van der Waals surface area (Å²) >= 11 is 5.80. The van der Waals surface area contributed by atoms with E-state index in [1.807, 2.05) is 0 Å². The molecule has 5 heteroatoms. The lowest BCUT2D eigenvalue weighted by molar-refractivity contribution is -0.117.